The molecule has 4 heteroatoms. The molecule has 2 rings (SSSR count). The molecule has 0 aromatic rings. The molecule has 4 atom stereocenters. The van der Waals surface area contributed by atoms with Gasteiger partial charge in [-0.1, -0.05) is 12.8 Å². The SMILES string of the molecule is CC(C#N)CN(C)C(=O)C1CC2CCCCC2N1. The zero-order valence-corrected chi connectivity index (χ0v) is 11.4. The highest BCUT2D eigenvalue weighted by atomic mass is 16.2. The Hall–Kier alpha value is -1.08. The molecule has 1 aliphatic carbocycles. The Kier molecular flexibility index (Phi) is 4.23. The number of nitrogens with zero attached hydrogens (tertiary/aromatic N) is 2. The number of hydrogen-bond donors (Lipinski definition) is 1. The number of nitriles is 1. The lowest BCUT2D eigenvalue weighted by Gasteiger charge is -2.24. The van der Waals surface area contributed by atoms with Crippen molar-refractivity contribution in [3.63, 3.8) is 0 Å². The van der Waals surface area contributed by atoms with Gasteiger partial charge in [-0.15, -0.1) is 0 Å². The maximum absolute atomic E-state index is 12.3. The minimum absolute atomic E-state index is 0.0195. The van der Waals surface area contributed by atoms with E-state index in [4.69, 9.17) is 5.26 Å². The lowest BCUT2D eigenvalue weighted by Crippen LogP contribution is -2.45. The molecule has 4 nitrogen and oxygen atoms in total. The number of carbonyl (C=O) groups excluding carboxylic acids is 1. The summed E-state index contributed by atoms with van der Waals surface area (Å²) in [5.74, 6) is 0.753. The van der Waals surface area contributed by atoms with Crippen LogP contribution in [-0.4, -0.2) is 36.5 Å². The molecule has 2 fully saturated rings. The molecule has 0 spiro atoms. The lowest BCUT2D eigenvalue weighted by molar-refractivity contribution is -0.132. The largest absolute Gasteiger partial charge is 0.343 e. The zero-order valence-electron chi connectivity index (χ0n) is 11.4. The third-order valence-electron chi connectivity index (χ3n) is 4.31. The van der Waals surface area contributed by atoms with Crippen LogP contribution < -0.4 is 5.32 Å². The number of nitrogens with one attached hydrogen (secondary N) is 1. The molecule has 100 valence electrons. The second kappa shape index (κ2) is 5.71. The molecule has 1 N–H and O–H groups in total. The maximum atomic E-state index is 12.3. The third-order valence-corrected chi connectivity index (χ3v) is 4.31. The van der Waals surface area contributed by atoms with Crippen molar-refractivity contribution in [1.29, 1.82) is 5.26 Å². The average molecular weight is 249 g/mol. The first-order valence-electron chi connectivity index (χ1n) is 7.02. The predicted molar refractivity (Wildman–Crippen MR) is 69.7 cm³/mol. The summed E-state index contributed by atoms with van der Waals surface area (Å²) in [6.07, 6.45) is 6.06. The van der Waals surface area contributed by atoms with Gasteiger partial charge in [-0.3, -0.25) is 4.79 Å². The van der Waals surface area contributed by atoms with Crippen LogP contribution in [0.1, 0.15) is 39.0 Å². The number of hydrogen-bond acceptors (Lipinski definition) is 3. The Balaban J connectivity index is 1.88. The van der Waals surface area contributed by atoms with E-state index < -0.39 is 0 Å². The first-order chi connectivity index (χ1) is 8.61. The van der Waals surface area contributed by atoms with Gasteiger partial charge in [0.2, 0.25) is 5.91 Å². The quantitative estimate of drug-likeness (QED) is 0.825. The summed E-state index contributed by atoms with van der Waals surface area (Å²) in [7, 11) is 1.81. The van der Waals surface area contributed by atoms with Crippen molar-refractivity contribution in [2.75, 3.05) is 13.6 Å². The van der Waals surface area contributed by atoms with E-state index in [1.807, 2.05) is 6.92 Å². The van der Waals surface area contributed by atoms with E-state index in [0.29, 0.717) is 18.5 Å². The van der Waals surface area contributed by atoms with Crippen LogP contribution in [0.15, 0.2) is 0 Å². The smallest absolute Gasteiger partial charge is 0.239 e. The summed E-state index contributed by atoms with van der Waals surface area (Å²) < 4.78 is 0. The highest BCUT2D eigenvalue weighted by Gasteiger charge is 2.39. The van der Waals surface area contributed by atoms with E-state index in [2.05, 4.69) is 11.4 Å². The fourth-order valence-corrected chi connectivity index (χ4v) is 3.32. The number of fused-ring (bicyclic) bond motifs is 1. The molecule has 0 bridgehead atoms. The number of carbonyl (C=O) groups is 1. The molecule has 1 heterocycles. The molecular weight excluding hydrogens is 226 g/mol. The van der Waals surface area contributed by atoms with Crippen LogP contribution in [0.25, 0.3) is 0 Å². The Labute approximate surface area is 109 Å². The summed E-state index contributed by atoms with van der Waals surface area (Å²) in [5.41, 5.74) is 0. The molecule has 2 aliphatic rings. The van der Waals surface area contributed by atoms with Gasteiger partial charge in [0.25, 0.3) is 0 Å². The van der Waals surface area contributed by atoms with Gasteiger partial charge in [-0.2, -0.15) is 5.26 Å². The third kappa shape index (κ3) is 2.84. The Bertz CT molecular complexity index is 335. The van der Waals surface area contributed by atoms with E-state index in [1.165, 1.54) is 25.7 Å². The van der Waals surface area contributed by atoms with E-state index in [1.54, 1.807) is 11.9 Å². The second-order valence-electron chi connectivity index (χ2n) is 5.85. The Morgan fingerprint density at radius 1 is 1.50 bits per heavy atom. The standard InChI is InChI=1S/C14H23N3O/c1-10(8-15)9-17(2)14(18)13-7-11-5-3-4-6-12(11)16-13/h10-13,16H,3-7,9H2,1-2H3. The molecule has 1 saturated carbocycles. The van der Waals surface area contributed by atoms with E-state index in [9.17, 15) is 4.79 Å². The highest BCUT2D eigenvalue weighted by Crippen LogP contribution is 2.33. The molecule has 18 heavy (non-hydrogen) atoms. The van der Waals surface area contributed by atoms with Crippen molar-refractivity contribution in [3.8, 4) is 6.07 Å². The maximum Gasteiger partial charge on any atom is 0.239 e. The number of rotatable bonds is 3. The molecule has 0 aromatic carbocycles. The van der Waals surface area contributed by atoms with Gasteiger partial charge in [-0.05, 0) is 32.1 Å². The van der Waals surface area contributed by atoms with Crippen molar-refractivity contribution in [2.45, 2.75) is 51.1 Å². The van der Waals surface area contributed by atoms with Gasteiger partial charge in [-0.25, -0.2) is 0 Å². The van der Waals surface area contributed by atoms with Gasteiger partial charge >= 0.3 is 0 Å². The van der Waals surface area contributed by atoms with Crippen molar-refractivity contribution in [3.05, 3.63) is 0 Å². The van der Waals surface area contributed by atoms with Crippen LogP contribution in [0, 0.1) is 23.2 Å². The van der Waals surface area contributed by atoms with E-state index >= 15 is 0 Å². The summed E-state index contributed by atoms with van der Waals surface area (Å²) in [6.45, 7) is 2.38. The molecule has 1 saturated heterocycles. The van der Waals surface area contributed by atoms with E-state index in [0.717, 1.165) is 6.42 Å². The van der Waals surface area contributed by atoms with Crippen molar-refractivity contribution < 1.29 is 4.79 Å². The van der Waals surface area contributed by atoms with Crippen LogP contribution >= 0.6 is 0 Å². The van der Waals surface area contributed by atoms with E-state index in [-0.39, 0.29) is 17.9 Å². The Morgan fingerprint density at radius 2 is 2.22 bits per heavy atom. The first kappa shape index (κ1) is 13.4. The van der Waals surface area contributed by atoms with Crippen LogP contribution in [0.3, 0.4) is 0 Å². The molecule has 1 amide bonds. The number of likely N-dealkylation sites (N-methyl/N-ethyl adjacent to an activating group) is 1. The summed E-state index contributed by atoms with van der Waals surface area (Å²) in [4.78, 5) is 14.0. The fourth-order valence-electron chi connectivity index (χ4n) is 3.32. The molecule has 0 aromatic heterocycles. The van der Waals surface area contributed by atoms with Crippen LogP contribution in [0.2, 0.25) is 0 Å². The zero-order chi connectivity index (χ0) is 13.1. The highest BCUT2D eigenvalue weighted by molar-refractivity contribution is 5.82. The summed E-state index contributed by atoms with van der Waals surface area (Å²) in [6, 6.07) is 2.71. The van der Waals surface area contributed by atoms with Gasteiger partial charge < -0.3 is 10.2 Å². The second-order valence-corrected chi connectivity index (χ2v) is 5.85. The predicted octanol–water partition coefficient (Wildman–Crippen LogP) is 1.53. The molecule has 1 aliphatic heterocycles. The molecule has 0 radical (unpaired) electrons. The van der Waals surface area contributed by atoms with Crippen molar-refractivity contribution >= 4 is 5.91 Å². The average Bonchev–Trinajstić information content (AvgIpc) is 2.81. The lowest BCUT2D eigenvalue weighted by atomic mass is 9.85. The van der Waals surface area contributed by atoms with Crippen LogP contribution in [-0.2, 0) is 4.79 Å². The van der Waals surface area contributed by atoms with Crippen molar-refractivity contribution in [2.24, 2.45) is 11.8 Å². The van der Waals surface area contributed by atoms with Gasteiger partial charge in [0, 0.05) is 19.6 Å². The minimum atomic E-state index is -0.0948. The molecular formula is C14H23N3O. The monoisotopic (exact) mass is 249 g/mol. The number of amides is 1. The fraction of sp³-hybridized carbons (Fsp3) is 0.857. The van der Waals surface area contributed by atoms with Gasteiger partial charge in [0.05, 0.1) is 18.0 Å². The van der Waals surface area contributed by atoms with Crippen molar-refractivity contribution in [1.82, 2.24) is 10.2 Å². The van der Waals surface area contributed by atoms with Gasteiger partial charge in [0.15, 0.2) is 0 Å². The summed E-state index contributed by atoms with van der Waals surface area (Å²) in [5, 5.41) is 12.3. The van der Waals surface area contributed by atoms with Gasteiger partial charge in [0.1, 0.15) is 0 Å². The molecule has 4 unspecified atom stereocenters. The van der Waals surface area contributed by atoms with Crippen LogP contribution in [0.4, 0.5) is 0 Å². The Morgan fingerprint density at radius 3 is 2.89 bits per heavy atom. The first-order valence-corrected chi connectivity index (χ1v) is 7.02. The van der Waals surface area contributed by atoms with Crippen LogP contribution in [0.5, 0.6) is 0 Å². The summed E-state index contributed by atoms with van der Waals surface area (Å²) >= 11 is 0. The minimum Gasteiger partial charge on any atom is -0.343 e. The topological polar surface area (TPSA) is 56.1 Å². The normalized spacial score (nSPS) is 32.4.